The predicted octanol–water partition coefficient (Wildman–Crippen LogP) is 11.1. The van der Waals surface area contributed by atoms with Crippen molar-refractivity contribution >= 4 is 59.7 Å². The summed E-state index contributed by atoms with van der Waals surface area (Å²) in [5.41, 5.74) is 5.02. The van der Waals surface area contributed by atoms with Crippen molar-refractivity contribution in [3.05, 3.63) is 150 Å². The van der Waals surface area contributed by atoms with Crippen molar-refractivity contribution in [2.24, 2.45) is 0 Å². The van der Waals surface area contributed by atoms with E-state index in [2.05, 4.69) is 156 Å². The molecule has 0 saturated carbocycles. The molecule has 0 aliphatic heterocycles. The van der Waals surface area contributed by atoms with Crippen molar-refractivity contribution in [2.45, 2.75) is 48.7 Å². The van der Waals surface area contributed by atoms with Crippen LogP contribution in [0.3, 0.4) is 0 Å². The summed E-state index contributed by atoms with van der Waals surface area (Å²) >= 11 is 6.91. The van der Waals surface area contributed by atoms with Gasteiger partial charge in [0.1, 0.15) is 6.33 Å². The van der Waals surface area contributed by atoms with Crippen LogP contribution in [0.2, 0.25) is 0 Å². The first-order chi connectivity index (χ1) is 21.5. The van der Waals surface area contributed by atoms with Gasteiger partial charge in [0.15, 0.2) is 0 Å². The van der Waals surface area contributed by atoms with Crippen LogP contribution in [0, 0.1) is 0 Å². The zero-order valence-corrected chi connectivity index (χ0v) is 28.6. The van der Waals surface area contributed by atoms with Gasteiger partial charge in [0.25, 0.3) is 11.9 Å². The lowest BCUT2D eigenvalue weighted by atomic mass is 10.2. The molecule has 0 spiro atoms. The second-order valence-electron chi connectivity index (χ2n) is 10.2. The molecular formula is C35H37N5S4. The Labute approximate surface area is 279 Å². The van der Waals surface area contributed by atoms with Gasteiger partial charge in [-0.3, -0.25) is 0 Å². The minimum absolute atomic E-state index is 0.197. The van der Waals surface area contributed by atoms with Crippen LogP contribution in [0.5, 0.6) is 0 Å². The first-order valence-electron chi connectivity index (χ1n) is 14.6. The largest absolute Gasteiger partial charge is 0.251 e. The third-order valence-corrected chi connectivity index (χ3v) is 11.8. The highest BCUT2D eigenvalue weighted by molar-refractivity contribution is 8.18. The fourth-order valence-electron chi connectivity index (χ4n) is 4.41. The fraction of sp³-hybridized carbons (Fsp3) is 0.229. The molecule has 0 saturated heterocycles. The van der Waals surface area contributed by atoms with Gasteiger partial charge in [0.2, 0.25) is 0 Å². The monoisotopic (exact) mass is 655 g/mol. The molecule has 0 amide bonds. The molecule has 5 aromatic rings. The average Bonchev–Trinajstić information content (AvgIpc) is 3.09. The van der Waals surface area contributed by atoms with Crippen molar-refractivity contribution in [2.75, 3.05) is 7.42 Å². The molecule has 0 aliphatic rings. The van der Waals surface area contributed by atoms with Crippen LogP contribution in [0.15, 0.2) is 128 Å². The zero-order chi connectivity index (χ0) is 30.7. The average molecular weight is 656 g/mol. The number of nitrogens with zero attached hydrogens (tertiary/aromatic N) is 5. The molecule has 9 heteroatoms. The normalized spacial score (nSPS) is 13.9. The Hall–Kier alpha value is -3.11. The van der Waals surface area contributed by atoms with Crippen LogP contribution in [-0.2, 0) is 0 Å². The van der Waals surface area contributed by atoms with E-state index in [9.17, 15) is 0 Å². The number of anilines is 2. The van der Waals surface area contributed by atoms with Gasteiger partial charge in [-0.05, 0) is 97.7 Å². The Morgan fingerprint density at radius 3 is 0.909 bits per heavy atom. The Kier molecular flexibility index (Phi) is 11.9. The van der Waals surface area contributed by atoms with Crippen LogP contribution in [0.4, 0.5) is 11.9 Å². The summed E-state index contributed by atoms with van der Waals surface area (Å²) < 4.78 is 4.32. The molecule has 5 nitrogen and oxygen atoms in total. The van der Waals surface area contributed by atoms with Crippen LogP contribution in [0.25, 0.3) is 0 Å². The van der Waals surface area contributed by atoms with Crippen molar-refractivity contribution in [1.29, 1.82) is 0 Å². The van der Waals surface area contributed by atoms with E-state index < -0.39 is 0 Å². The summed E-state index contributed by atoms with van der Waals surface area (Å²) in [7, 11) is 0. The molecule has 0 bridgehead atoms. The van der Waals surface area contributed by atoms with Gasteiger partial charge in [0.05, 0.1) is 0 Å². The highest BCUT2D eigenvalue weighted by Gasteiger charge is 2.25. The van der Waals surface area contributed by atoms with Gasteiger partial charge in [0, 0.05) is 21.0 Å². The van der Waals surface area contributed by atoms with E-state index in [-0.39, 0.29) is 21.0 Å². The third kappa shape index (κ3) is 8.97. The van der Waals surface area contributed by atoms with Crippen LogP contribution in [0.1, 0.15) is 70.9 Å². The topological polar surface area (TPSA) is 45.2 Å². The van der Waals surface area contributed by atoms with Gasteiger partial charge >= 0.3 is 0 Å². The number of rotatable bonds is 14. The van der Waals surface area contributed by atoms with Gasteiger partial charge in [-0.25, -0.2) is 7.42 Å². The molecule has 0 aliphatic carbocycles. The molecule has 1 heterocycles. The van der Waals surface area contributed by atoms with Crippen molar-refractivity contribution in [3.8, 4) is 0 Å². The smallest absolute Gasteiger partial charge is 0.224 e. The first kappa shape index (κ1) is 32.3. The molecule has 44 heavy (non-hydrogen) atoms. The van der Waals surface area contributed by atoms with Crippen molar-refractivity contribution in [1.82, 2.24) is 15.0 Å². The molecule has 4 atom stereocenters. The molecule has 4 unspecified atom stereocenters. The van der Waals surface area contributed by atoms with E-state index in [4.69, 9.17) is 15.0 Å². The number of aromatic nitrogens is 3. The maximum absolute atomic E-state index is 5.11. The number of benzene rings is 4. The molecule has 226 valence electrons. The molecule has 0 N–H and O–H groups in total. The predicted molar refractivity (Wildman–Crippen MR) is 195 cm³/mol. The van der Waals surface area contributed by atoms with Gasteiger partial charge in [-0.15, -0.1) is 0 Å². The van der Waals surface area contributed by atoms with Crippen molar-refractivity contribution < 1.29 is 0 Å². The summed E-state index contributed by atoms with van der Waals surface area (Å²) in [4.78, 5) is 14.5. The molecule has 0 fully saturated rings. The second-order valence-corrected chi connectivity index (χ2v) is 15.8. The van der Waals surface area contributed by atoms with Gasteiger partial charge in [-0.2, -0.15) is 15.0 Å². The van der Waals surface area contributed by atoms with E-state index in [1.165, 1.54) is 22.3 Å². The molecule has 4 aromatic carbocycles. The highest BCUT2D eigenvalue weighted by Crippen LogP contribution is 2.46. The SMILES string of the molecule is CC(SN(SC(C)c1ccccc1)c1ncnc(N(SC(C)c2ccccc2)SC(C)c2ccccc2)n1)c1ccccc1. The molecule has 0 radical (unpaired) electrons. The Morgan fingerprint density at radius 2 is 0.659 bits per heavy atom. The highest BCUT2D eigenvalue weighted by atomic mass is 32.2. The minimum Gasteiger partial charge on any atom is -0.224 e. The Bertz CT molecular complexity index is 1340. The first-order valence-corrected chi connectivity index (χ1v) is 18.0. The Morgan fingerprint density at radius 1 is 0.409 bits per heavy atom. The lowest BCUT2D eigenvalue weighted by Gasteiger charge is -2.29. The van der Waals surface area contributed by atoms with E-state index in [1.54, 1.807) is 54.1 Å². The van der Waals surface area contributed by atoms with E-state index in [0.717, 1.165) is 0 Å². The van der Waals surface area contributed by atoms with Gasteiger partial charge in [-0.1, -0.05) is 121 Å². The van der Waals surface area contributed by atoms with Crippen molar-refractivity contribution in [3.63, 3.8) is 0 Å². The second kappa shape index (κ2) is 16.3. The number of hydrogen-bond acceptors (Lipinski definition) is 9. The number of hydrogen-bond donors (Lipinski definition) is 0. The maximum atomic E-state index is 5.11. The maximum Gasteiger partial charge on any atom is 0.251 e. The summed E-state index contributed by atoms with van der Waals surface area (Å²) in [6, 6.07) is 42.3. The quantitative estimate of drug-likeness (QED) is 0.109. The van der Waals surface area contributed by atoms with Crippen LogP contribution >= 0.6 is 47.8 Å². The minimum atomic E-state index is 0.197. The Balaban J connectivity index is 1.46. The molecule has 1 aromatic heterocycles. The third-order valence-electron chi connectivity index (χ3n) is 6.96. The lowest BCUT2D eigenvalue weighted by molar-refractivity contribution is 1.02. The summed E-state index contributed by atoms with van der Waals surface area (Å²) in [5.74, 6) is 1.25. The van der Waals surface area contributed by atoms with E-state index >= 15 is 0 Å². The van der Waals surface area contributed by atoms with Gasteiger partial charge < -0.3 is 0 Å². The summed E-state index contributed by atoms with van der Waals surface area (Å²) in [6.07, 6.45) is 1.64. The molecule has 5 rings (SSSR count). The van der Waals surface area contributed by atoms with E-state index in [1.807, 2.05) is 0 Å². The van der Waals surface area contributed by atoms with Crippen LogP contribution in [-0.4, -0.2) is 15.0 Å². The van der Waals surface area contributed by atoms with E-state index in [0.29, 0.717) is 11.9 Å². The van der Waals surface area contributed by atoms with Crippen LogP contribution < -0.4 is 7.42 Å². The lowest BCUT2D eigenvalue weighted by Crippen LogP contribution is -2.17. The summed E-state index contributed by atoms with van der Waals surface area (Å²) in [6.45, 7) is 8.90. The zero-order valence-electron chi connectivity index (χ0n) is 25.3. The fourth-order valence-corrected chi connectivity index (χ4v) is 9.35. The standard InChI is InChI=1S/C35H37N5S4/c1-26(30-17-9-5-10-18-30)41-39(42-27(2)31-19-11-6-12-20-31)34-36-25-37-35(38-34)40(43-28(3)32-21-13-7-14-22-32)44-29(4)33-23-15-8-16-24-33/h5-29H,1-4H3. The molecular weight excluding hydrogens is 619 g/mol. The summed E-state index contributed by atoms with van der Waals surface area (Å²) in [5, 5.41) is 0.789.